The summed E-state index contributed by atoms with van der Waals surface area (Å²) in [6.07, 6.45) is 5.36. The Bertz CT molecular complexity index is 268. The zero-order valence-corrected chi connectivity index (χ0v) is 9.32. The van der Waals surface area contributed by atoms with E-state index in [0.29, 0.717) is 6.41 Å². The summed E-state index contributed by atoms with van der Waals surface area (Å²) in [7, 11) is 0. The van der Waals surface area contributed by atoms with Gasteiger partial charge in [-0.15, -0.1) is 0 Å². The minimum Gasteiger partial charge on any atom is -0.317 e. The Labute approximate surface area is 90.3 Å². The van der Waals surface area contributed by atoms with Crippen molar-refractivity contribution in [2.75, 3.05) is 13.1 Å². The number of allylic oxidation sites excluding steroid dienone is 1. The first-order chi connectivity index (χ1) is 7.14. The van der Waals surface area contributed by atoms with Crippen molar-refractivity contribution in [3.05, 3.63) is 12.2 Å². The van der Waals surface area contributed by atoms with Crippen LogP contribution in [0.3, 0.4) is 0 Å². The van der Waals surface area contributed by atoms with Gasteiger partial charge in [-0.05, 0) is 45.9 Å². The molecular formula is C11H18N2O2. The summed E-state index contributed by atoms with van der Waals surface area (Å²) >= 11 is 0. The molecule has 0 radical (unpaired) electrons. The van der Waals surface area contributed by atoms with Gasteiger partial charge in [0.05, 0.1) is 5.54 Å². The van der Waals surface area contributed by atoms with E-state index in [1.54, 1.807) is 13.0 Å². The predicted octanol–water partition coefficient (Wildman–Crippen LogP) is 0.690. The van der Waals surface area contributed by atoms with E-state index in [1.165, 1.54) is 11.0 Å². The van der Waals surface area contributed by atoms with Crippen LogP contribution in [-0.2, 0) is 9.59 Å². The molecule has 1 N–H and O–H groups in total. The SMILES string of the molecule is C/C=C\C(=O)N(C=O)C1(C)CCNCC1. The smallest absolute Gasteiger partial charge is 0.253 e. The molecule has 1 heterocycles. The predicted molar refractivity (Wildman–Crippen MR) is 58.2 cm³/mol. The molecule has 4 heteroatoms. The van der Waals surface area contributed by atoms with Crippen LogP contribution in [0.4, 0.5) is 0 Å². The van der Waals surface area contributed by atoms with E-state index in [1.807, 2.05) is 6.92 Å². The minimum atomic E-state index is -0.330. The monoisotopic (exact) mass is 210 g/mol. The van der Waals surface area contributed by atoms with Crippen LogP contribution >= 0.6 is 0 Å². The zero-order valence-electron chi connectivity index (χ0n) is 9.32. The van der Waals surface area contributed by atoms with Gasteiger partial charge >= 0.3 is 0 Å². The Hall–Kier alpha value is -1.16. The van der Waals surface area contributed by atoms with Gasteiger partial charge in [-0.1, -0.05) is 6.08 Å². The minimum absolute atomic E-state index is 0.225. The quantitative estimate of drug-likeness (QED) is 0.551. The topological polar surface area (TPSA) is 49.4 Å². The highest BCUT2D eigenvalue weighted by molar-refractivity contribution is 5.95. The van der Waals surface area contributed by atoms with Crippen LogP contribution in [0.2, 0.25) is 0 Å². The number of piperidine rings is 1. The van der Waals surface area contributed by atoms with Crippen molar-refractivity contribution >= 4 is 12.3 Å². The molecule has 1 aliphatic rings. The molecule has 1 rings (SSSR count). The fraction of sp³-hybridized carbons (Fsp3) is 0.636. The summed E-state index contributed by atoms with van der Waals surface area (Å²) in [5, 5.41) is 3.22. The molecule has 1 fully saturated rings. The first kappa shape index (κ1) is 11.9. The molecule has 15 heavy (non-hydrogen) atoms. The molecule has 0 atom stereocenters. The maximum Gasteiger partial charge on any atom is 0.253 e. The van der Waals surface area contributed by atoms with E-state index in [4.69, 9.17) is 0 Å². The lowest BCUT2D eigenvalue weighted by molar-refractivity contribution is -0.141. The lowest BCUT2D eigenvalue weighted by Crippen LogP contribution is -2.54. The van der Waals surface area contributed by atoms with E-state index in [-0.39, 0.29) is 11.4 Å². The molecule has 0 aromatic heterocycles. The zero-order chi connectivity index (χ0) is 11.3. The van der Waals surface area contributed by atoms with Gasteiger partial charge in [0.15, 0.2) is 0 Å². The van der Waals surface area contributed by atoms with Crippen molar-refractivity contribution in [3.63, 3.8) is 0 Å². The highest BCUT2D eigenvalue weighted by Crippen LogP contribution is 2.24. The molecule has 84 valence electrons. The third-order valence-corrected chi connectivity index (χ3v) is 2.91. The highest BCUT2D eigenvalue weighted by Gasteiger charge is 2.35. The highest BCUT2D eigenvalue weighted by atomic mass is 16.2. The summed E-state index contributed by atoms with van der Waals surface area (Å²) < 4.78 is 0. The van der Waals surface area contributed by atoms with Gasteiger partial charge in [-0.25, -0.2) is 0 Å². The third-order valence-electron chi connectivity index (χ3n) is 2.91. The maximum absolute atomic E-state index is 11.7. The maximum atomic E-state index is 11.7. The number of nitrogens with one attached hydrogen (secondary N) is 1. The van der Waals surface area contributed by atoms with Gasteiger partial charge in [0.2, 0.25) is 6.41 Å². The summed E-state index contributed by atoms with van der Waals surface area (Å²) in [6.45, 7) is 5.43. The molecule has 4 nitrogen and oxygen atoms in total. The van der Waals surface area contributed by atoms with Crippen LogP contribution in [-0.4, -0.2) is 35.8 Å². The first-order valence-electron chi connectivity index (χ1n) is 5.26. The average Bonchev–Trinajstić information content (AvgIpc) is 2.19. The molecule has 0 unspecified atom stereocenters. The van der Waals surface area contributed by atoms with Gasteiger partial charge in [0.25, 0.3) is 5.91 Å². The second-order valence-electron chi connectivity index (χ2n) is 4.06. The van der Waals surface area contributed by atoms with Crippen molar-refractivity contribution < 1.29 is 9.59 Å². The van der Waals surface area contributed by atoms with Gasteiger partial charge in [0.1, 0.15) is 0 Å². The molecule has 1 aliphatic heterocycles. The van der Waals surface area contributed by atoms with Crippen LogP contribution in [0.15, 0.2) is 12.2 Å². The molecular weight excluding hydrogens is 192 g/mol. The van der Waals surface area contributed by atoms with Gasteiger partial charge in [-0.2, -0.15) is 0 Å². The largest absolute Gasteiger partial charge is 0.317 e. The van der Waals surface area contributed by atoms with Crippen molar-refractivity contribution in [1.82, 2.24) is 10.2 Å². The van der Waals surface area contributed by atoms with Crippen LogP contribution < -0.4 is 5.32 Å². The van der Waals surface area contributed by atoms with E-state index in [2.05, 4.69) is 5.32 Å². The Balaban J connectivity index is 2.79. The molecule has 0 aromatic carbocycles. The third kappa shape index (κ3) is 2.65. The van der Waals surface area contributed by atoms with E-state index in [9.17, 15) is 9.59 Å². The van der Waals surface area contributed by atoms with Crippen LogP contribution in [0.5, 0.6) is 0 Å². The number of carbonyl (C=O) groups is 2. The van der Waals surface area contributed by atoms with Gasteiger partial charge < -0.3 is 5.32 Å². The Kier molecular flexibility index (Phi) is 4.03. The van der Waals surface area contributed by atoms with Crippen molar-refractivity contribution in [2.24, 2.45) is 0 Å². The van der Waals surface area contributed by atoms with Crippen LogP contribution in [0.1, 0.15) is 26.7 Å². The van der Waals surface area contributed by atoms with Gasteiger partial charge in [0, 0.05) is 0 Å². The second kappa shape index (κ2) is 5.07. The van der Waals surface area contributed by atoms with Crippen molar-refractivity contribution in [3.8, 4) is 0 Å². The fourth-order valence-electron chi connectivity index (χ4n) is 1.87. The van der Waals surface area contributed by atoms with E-state index < -0.39 is 0 Å². The van der Waals surface area contributed by atoms with E-state index in [0.717, 1.165) is 25.9 Å². The van der Waals surface area contributed by atoms with Crippen LogP contribution in [0.25, 0.3) is 0 Å². The molecule has 0 saturated carbocycles. The second-order valence-corrected chi connectivity index (χ2v) is 4.06. The summed E-state index contributed by atoms with van der Waals surface area (Å²) in [5.41, 5.74) is -0.330. The number of hydrogen-bond donors (Lipinski definition) is 1. The molecule has 1 saturated heterocycles. The molecule has 0 bridgehead atoms. The number of nitrogens with zero attached hydrogens (tertiary/aromatic N) is 1. The summed E-state index contributed by atoms with van der Waals surface area (Å²) in [6, 6.07) is 0. The molecule has 0 aliphatic carbocycles. The number of imide groups is 1. The lowest BCUT2D eigenvalue weighted by atomic mass is 9.89. The summed E-state index contributed by atoms with van der Waals surface area (Å²) in [4.78, 5) is 24.0. The average molecular weight is 210 g/mol. The Morgan fingerprint density at radius 2 is 2.00 bits per heavy atom. The number of hydrogen-bond acceptors (Lipinski definition) is 3. The fourth-order valence-corrected chi connectivity index (χ4v) is 1.87. The first-order valence-corrected chi connectivity index (χ1v) is 5.26. The standard InChI is InChI=1S/C11H18N2O2/c1-3-4-10(15)13(9-14)11(2)5-7-12-8-6-11/h3-4,9,12H,5-8H2,1-2H3/b4-3-. The van der Waals surface area contributed by atoms with Crippen molar-refractivity contribution in [2.45, 2.75) is 32.2 Å². The molecule has 2 amide bonds. The molecule has 0 spiro atoms. The Morgan fingerprint density at radius 1 is 1.40 bits per heavy atom. The van der Waals surface area contributed by atoms with Crippen LogP contribution in [0, 0.1) is 0 Å². The lowest BCUT2D eigenvalue weighted by Gasteiger charge is -2.40. The van der Waals surface area contributed by atoms with Crippen molar-refractivity contribution in [1.29, 1.82) is 0 Å². The molecule has 0 aromatic rings. The number of amides is 2. The Morgan fingerprint density at radius 3 is 2.47 bits per heavy atom. The van der Waals surface area contributed by atoms with E-state index >= 15 is 0 Å². The summed E-state index contributed by atoms with van der Waals surface area (Å²) in [5.74, 6) is -0.225. The van der Waals surface area contributed by atoms with Gasteiger partial charge in [-0.3, -0.25) is 14.5 Å². The number of rotatable bonds is 3. The number of carbonyl (C=O) groups excluding carboxylic acids is 2. The normalized spacial score (nSPS) is 20.1.